The number of ether oxygens (including phenoxy) is 1. The topological polar surface area (TPSA) is 62.1 Å². The average Bonchev–Trinajstić information content (AvgIpc) is 2.75. The minimum Gasteiger partial charge on any atom is -0.442 e. The molecule has 0 saturated carbocycles. The summed E-state index contributed by atoms with van der Waals surface area (Å²) in [5, 5.41) is 14.1. The second-order valence-corrected chi connectivity index (χ2v) is 8.30. The van der Waals surface area contributed by atoms with Crippen LogP contribution in [0.2, 0.25) is 10.0 Å². The van der Waals surface area contributed by atoms with Crippen molar-refractivity contribution >= 4 is 40.5 Å². The average molecular weight is 453 g/mol. The van der Waals surface area contributed by atoms with Gasteiger partial charge in [0.05, 0.1) is 6.42 Å². The molecule has 0 amide bonds. The maximum absolute atomic E-state index is 12.6. The Bertz CT molecular complexity index is 1110. The Labute approximate surface area is 192 Å². The van der Waals surface area contributed by atoms with Crippen LogP contribution in [0.15, 0.2) is 66.7 Å². The van der Waals surface area contributed by atoms with Crippen molar-refractivity contribution in [2.24, 2.45) is 0 Å². The Kier molecular flexibility index (Phi) is 7.57. The van der Waals surface area contributed by atoms with Crippen LogP contribution < -0.4 is 5.32 Å². The number of halogens is 2. The molecule has 1 unspecified atom stereocenters. The summed E-state index contributed by atoms with van der Waals surface area (Å²) in [7, 11) is 0. The molecule has 1 atom stereocenters. The molecule has 3 aromatic rings. The van der Waals surface area contributed by atoms with Gasteiger partial charge in [0, 0.05) is 27.0 Å². The van der Waals surface area contributed by atoms with E-state index in [1.165, 1.54) is 0 Å². The summed E-state index contributed by atoms with van der Waals surface area (Å²) in [5.74, 6) is -0.254. The first-order chi connectivity index (χ1) is 14.9. The zero-order valence-corrected chi connectivity index (χ0v) is 18.7. The molecule has 0 bridgehead atoms. The Balaban J connectivity index is 1.72. The van der Waals surface area contributed by atoms with E-state index in [2.05, 4.69) is 11.4 Å². The molecule has 0 saturated heterocycles. The molecular formula is C25H22Cl2N2O2. The van der Waals surface area contributed by atoms with Crippen molar-refractivity contribution in [3.05, 3.63) is 93.5 Å². The van der Waals surface area contributed by atoms with E-state index in [9.17, 15) is 10.1 Å². The highest BCUT2D eigenvalue weighted by Gasteiger charge is 2.19. The minimum absolute atomic E-state index is 0.0750. The summed E-state index contributed by atoms with van der Waals surface area (Å²) in [6, 6.07) is 22.0. The lowest BCUT2D eigenvalue weighted by molar-refractivity contribution is -0.146. The molecule has 0 radical (unpaired) electrons. The fourth-order valence-corrected chi connectivity index (χ4v) is 3.55. The van der Waals surface area contributed by atoms with Gasteiger partial charge in [0.2, 0.25) is 6.10 Å². The molecule has 0 aliphatic heterocycles. The van der Waals surface area contributed by atoms with Gasteiger partial charge in [0.1, 0.15) is 6.07 Å². The van der Waals surface area contributed by atoms with Crippen LogP contribution in [0.3, 0.4) is 0 Å². The Morgan fingerprint density at radius 1 is 1.00 bits per heavy atom. The minimum atomic E-state index is -1.01. The normalized spacial score (nSPS) is 11.6. The van der Waals surface area contributed by atoms with E-state index in [4.69, 9.17) is 27.9 Å². The third-order valence-corrected chi connectivity index (χ3v) is 5.24. The monoisotopic (exact) mass is 452 g/mol. The first-order valence-electron chi connectivity index (χ1n) is 9.85. The molecule has 31 heavy (non-hydrogen) atoms. The molecule has 3 aromatic carbocycles. The van der Waals surface area contributed by atoms with Gasteiger partial charge in [-0.15, -0.1) is 0 Å². The summed E-state index contributed by atoms with van der Waals surface area (Å²) in [6.45, 7) is 4.08. The highest BCUT2D eigenvalue weighted by molar-refractivity contribution is 6.30. The van der Waals surface area contributed by atoms with Gasteiger partial charge in [-0.2, -0.15) is 5.26 Å². The van der Waals surface area contributed by atoms with Crippen LogP contribution in [-0.2, 0) is 16.0 Å². The molecule has 158 valence electrons. The Morgan fingerprint density at radius 2 is 1.71 bits per heavy atom. The molecule has 0 fully saturated rings. The number of hydrogen-bond donors (Lipinski definition) is 1. The molecule has 0 heterocycles. The van der Waals surface area contributed by atoms with Crippen molar-refractivity contribution in [3.63, 3.8) is 0 Å². The van der Waals surface area contributed by atoms with Crippen molar-refractivity contribution in [1.29, 1.82) is 5.26 Å². The number of anilines is 2. The predicted molar refractivity (Wildman–Crippen MR) is 125 cm³/mol. The molecule has 6 heteroatoms. The quantitative estimate of drug-likeness (QED) is 0.384. The Morgan fingerprint density at radius 3 is 2.39 bits per heavy atom. The van der Waals surface area contributed by atoms with Gasteiger partial charge in [0.25, 0.3) is 0 Å². The highest BCUT2D eigenvalue weighted by Crippen LogP contribution is 2.27. The van der Waals surface area contributed by atoms with Gasteiger partial charge < -0.3 is 10.1 Å². The molecule has 0 aromatic heterocycles. The van der Waals surface area contributed by atoms with E-state index in [-0.39, 0.29) is 12.3 Å². The number of carbonyl (C=O) groups excluding carboxylic acids is 1. The van der Waals surface area contributed by atoms with Crippen molar-refractivity contribution in [2.75, 3.05) is 5.32 Å². The number of benzene rings is 3. The SMILES string of the molecule is CC(C)c1cc(Cl)ccc1CC(=O)OC(C#N)c1cccc(Nc2ccc(Cl)cc2)c1. The number of carbonyl (C=O) groups is 1. The molecular weight excluding hydrogens is 431 g/mol. The lowest BCUT2D eigenvalue weighted by Crippen LogP contribution is -2.14. The van der Waals surface area contributed by atoms with E-state index in [0.29, 0.717) is 15.6 Å². The van der Waals surface area contributed by atoms with E-state index >= 15 is 0 Å². The van der Waals surface area contributed by atoms with E-state index in [0.717, 1.165) is 22.5 Å². The molecule has 0 aliphatic carbocycles. The number of nitrogens with zero attached hydrogens (tertiary/aromatic N) is 1. The summed E-state index contributed by atoms with van der Waals surface area (Å²) in [4.78, 5) is 12.6. The van der Waals surface area contributed by atoms with E-state index in [1.807, 2.05) is 50.2 Å². The van der Waals surface area contributed by atoms with Gasteiger partial charge >= 0.3 is 5.97 Å². The maximum atomic E-state index is 12.6. The van der Waals surface area contributed by atoms with Crippen molar-refractivity contribution < 1.29 is 9.53 Å². The van der Waals surface area contributed by atoms with Crippen molar-refractivity contribution in [3.8, 4) is 6.07 Å². The number of esters is 1. The fourth-order valence-electron chi connectivity index (χ4n) is 3.24. The fraction of sp³-hybridized carbons (Fsp3) is 0.200. The Hall–Kier alpha value is -3.00. The maximum Gasteiger partial charge on any atom is 0.311 e. The standard InChI is InChI=1S/C25H22Cl2N2O2/c1-16(2)23-14-20(27)7-6-17(23)13-25(30)31-24(15-28)18-4-3-5-22(12-18)29-21-10-8-19(26)9-11-21/h3-12,14,16,24,29H,13H2,1-2H3. The summed E-state index contributed by atoms with van der Waals surface area (Å²) in [6.07, 6.45) is -0.930. The largest absolute Gasteiger partial charge is 0.442 e. The molecule has 0 aliphatic rings. The summed E-state index contributed by atoms with van der Waals surface area (Å²) >= 11 is 12.0. The zero-order chi connectivity index (χ0) is 22.4. The molecule has 4 nitrogen and oxygen atoms in total. The van der Waals surface area contributed by atoms with Crippen LogP contribution >= 0.6 is 23.2 Å². The summed E-state index contributed by atoms with van der Waals surface area (Å²) in [5.41, 5.74) is 4.06. The van der Waals surface area contributed by atoms with Gasteiger partial charge in [-0.25, -0.2) is 0 Å². The zero-order valence-electron chi connectivity index (χ0n) is 17.2. The van der Waals surface area contributed by atoms with Crippen LogP contribution in [0.5, 0.6) is 0 Å². The van der Waals surface area contributed by atoms with Gasteiger partial charge in [-0.3, -0.25) is 4.79 Å². The van der Waals surface area contributed by atoms with Crippen molar-refractivity contribution in [1.82, 2.24) is 0 Å². The van der Waals surface area contributed by atoms with E-state index < -0.39 is 12.1 Å². The van der Waals surface area contributed by atoms with Gasteiger partial charge in [0.15, 0.2) is 0 Å². The predicted octanol–water partition coefficient (Wildman–Crippen LogP) is 7.21. The number of rotatable bonds is 7. The first kappa shape index (κ1) is 22.7. The van der Waals surface area contributed by atoms with E-state index in [1.54, 1.807) is 30.3 Å². The molecule has 0 spiro atoms. The number of nitriles is 1. The first-order valence-corrected chi connectivity index (χ1v) is 10.6. The van der Waals surface area contributed by atoms with Gasteiger partial charge in [-0.1, -0.05) is 55.2 Å². The lowest BCUT2D eigenvalue weighted by Gasteiger charge is -2.16. The van der Waals surface area contributed by atoms with Crippen molar-refractivity contribution in [2.45, 2.75) is 32.3 Å². The lowest BCUT2D eigenvalue weighted by atomic mass is 9.95. The second-order valence-electron chi connectivity index (χ2n) is 7.43. The number of nitrogens with one attached hydrogen (secondary N) is 1. The highest BCUT2D eigenvalue weighted by atomic mass is 35.5. The second kappa shape index (κ2) is 10.3. The van der Waals surface area contributed by atoms with Crippen LogP contribution in [0, 0.1) is 11.3 Å². The van der Waals surface area contributed by atoms with Crippen LogP contribution in [-0.4, -0.2) is 5.97 Å². The molecule has 3 rings (SSSR count). The third-order valence-electron chi connectivity index (χ3n) is 4.75. The summed E-state index contributed by atoms with van der Waals surface area (Å²) < 4.78 is 5.50. The van der Waals surface area contributed by atoms with Crippen LogP contribution in [0.4, 0.5) is 11.4 Å². The van der Waals surface area contributed by atoms with Crippen LogP contribution in [0.1, 0.15) is 42.6 Å². The third kappa shape index (κ3) is 6.24. The molecule has 1 N–H and O–H groups in total. The van der Waals surface area contributed by atoms with Gasteiger partial charge in [-0.05, 0) is 65.6 Å². The van der Waals surface area contributed by atoms with Crippen LogP contribution in [0.25, 0.3) is 0 Å². The smallest absolute Gasteiger partial charge is 0.311 e. The number of hydrogen-bond acceptors (Lipinski definition) is 4.